The molecule has 4 rings (SSSR count). The molecule has 3 heteroatoms. The minimum atomic E-state index is -0.118. The molecule has 0 amide bonds. The second kappa shape index (κ2) is 6.04. The maximum Gasteiger partial charge on any atom is 0.109 e. The van der Waals surface area contributed by atoms with Crippen LogP contribution in [0.1, 0.15) is 48.5 Å². The third-order valence-corrected chi connectivity index (χ3v) is 5.02. The minimum Gasteiger partial charge on any atom is -0.358 e. The summed E-state index contributed by atoms with van der Waals surface area (Å²) in [5.74, 6) is 0. The van der Waals surface area contributed by atoms with Crippen molar-refractivity contribution in [1.82, 2.24) is 0 Å². The summed E-state index contributed by atoms with van der Waals surface area (Å²) in [7, 11) is 0. The molecular weight excluding hydrogens is 294 g/mol. The van der Waals surface area contributed by atoms with Gasteiger partial charge in [0, 0.05) is 6.04 Å². The highest BCUT2D eigenvalue weighted by Gasteiger charge is 2.46. The Morgan fingerprint density at radius 2 is 1.55 bits per heavy atom. The minimum absolute atomic E-state index is 0. The van der Waals surface area contributed by atoms with Gasteiger partial charge in [0.05, 0.1) is 5.60 Å². The molecule has 2 nitrogen and oxygen atoms in total. The molecule has 1 aliphatic heterocycles. The summed E-state index contributed by atoms with van der Waals surface area (Å²) in [6, 6.07) is 19.6. The van der Waals surface area contributed by atoms with Gasteiger partial charge in [-0.3, -0.25) is 0 Å². The Morgan fingerprint density at radius 1 is 0.909 bits per heavy atom. The zero-order chi connectivity index (χ0) is 14.3. The van der Waals surface area contributed by atoms with Gasteiger partial charge in [0.25, 0.3) is 0 Å². The molecule has 2 aliphatic rings. The molecule has 22 heavy (non-hydrogen) atoms. The Morgan fingerprint density at radius 3 is 2.27 bits per heavy atom. The molecule has 1 aliphatic carbocycles. The normalized spacial score (nSPS) is 29.9. The molecule has 2 N–H and O–H groups in total. The monoisotopic (exact) mass is 315 g/mol. The predicted molar refractivity (Wildman–Crippen MR) is 91.2 cm³/mol. The first-order chi connectivity index (χ1) is 10.3. The fourth-order valence-electron chi connectivity index (χ4n) is 3.86. The van der Waals surface area contributed by atoms with Crippen molar-refractivity contribution in [2.75, 3.05) is 0 Å². The van der Waals surface area contributed by atoms with Crippen LogP contribution in [-0.4, -0.2) is 6.04 Å². The van der Waals surface area contributed by atoms with Crippen LogP contribution in [0.3, 0.4) is 0 Å². The number of hydrogen-bond donors (Lipinski definition) is 1. The van der Waals surface area contributed by atoms with Crippen LogP contribution in [0.4, 0.5) is 0 Å². The highest BCUT2D eigenvalue weighted by Crippen LogP contribution is 2.52. The number of nitrogens with two attached hydrogens (primary N) is 1. The van der Waals surface area contributed by atoms with Gasteiger partial charge in [-0.1, -0.05) is 54.6 Å². The maximum absolute atomic E-state index is 6.64. The highest BCUT2D eigenvalue weighted by atomic mass is 35.5. The number of ether oxygens (including phenoxy) is 1. The van der Waals surface area contributed by atoms with Gasteiger partial charge in [-0.25, -0.2) is 0 Å². The van der Waals surface area contributed by atoms with Gasteiger partial charge in [-0.2, -0.15) is 0 Å². The number of halogens is 1. The lowest BCUT2D eigenvalue weighted by Gasteiger charge is -2.36. The van der Waals surface area contributed by atoms with Gasteiger partial charge in [-0.05, 0) is 42.4 Å². The molecule has 1 saturated carbocycles. The Hall–Kier alpha value is -1.35. The van der Waals surface area contributed by atoms with E-state index in [-0.39, 0.29) is 24.1 Å². The van der Waals surface area contributed by atoms with Crippen molar-refractivity contribution >= 4 is 12.4 Å². The third kappa shape index (κ3) is 2.45. The third-order valence-electron chi connectivity index (χ3n) is 5.02. The average Bonchev–Trinajstić information content (AvgIpc) is 2.87. The molecule has 1 heterocycles. The topological polar surface area (TPSA) is 35.2 Å². The van der Waals surface area contributed by atoms with Crippen molar-refractivity contribution < 1.29 is 4.74 Å². The van der Waals surface area contributed by atoms with Gasteiger partial charge < -0.3 is 10.5 Å². The summed E-state index contributed by atoms with van der Waals surface area (Å²) in [5.41, 5.74) is 9.94. The molecular formula is C19H22ClNO. The number of fused-ring (bicyclic) bond motifs is 2. The van der Waals surface area contributed by atoms with E-state index < -0.39 is 0 Å². The van der Waals surface area contributed by atoms with Crippen LogP contribution in [0.25, 0.3) is 0 Å². The van der Waals surface area contributed by atoms with Crippen LogP contribution in [-0.2, 0) is 10.3 Å². The maximum atomic E-state index is 6.64. The molecule has 2 aromatic rings. The molecule has 0 aromatic heterocycles. The van der Waals surface area contributed by atoms with Crippen molar-refractivity contribution in [3.8, 4) is 0 Å². The number of rotatable bonds is 1. The predicted octanol–water partition coefficient (Wildman–Crippen LogP) is 4.32. The van der Waals surface area contributed by atoms with E-state index in [0.29, 0.717) is 6.04 Å². The molecule has 2 aromatic carbocycles. The van der Waals surface area contributed by atoms with E-state index in [9.17, 15) is 0 Å². The molecule has 1 atom stereocenters. The molecule has 1 unspecified atom stereocenters. The van der Waals surface area contributed by atoms with E-state index in [1.807, 2.05) is 0 Å². The SMILES string of the molecule is Cl.NC1CCC2(CC1)OC(c1ccccc1)c1ccccc12. The van der Waals surface area contributed by atoms with Crippen LogP contribution >= 0.6 is 12.4 Å². The van der Waals surface area contributed by atoms with Crippen LogP contribution < -0.4 is 5.73 Å². The summed E-state index contributed by atoms with van der Waals surface area (Å²) < 4.78 is 6.64. The zero-order valence-corrected chi connectivity index (χ0v) is 13.4. The first-order valence-corrected chi connectivity index (χ1v) is 7.86. The molecule has 1 fully saturated rings. The fourth-order valence-corrected chi connectivity index (χ4v) is 3.86. The average molecular weight is 316 g/mol. The molecule has 116 valence electrons. The summed E-state index contributed by atoms with van der Waals surface area (Å²) in [6.07, 6.45) is 4.24. The van der Waals surface area contributed by atoms with Crippen molar-refractivity contribution in [1.29, 1.82) is 0 Å². The standard InChI is InChI=1S/C19H21NO.ClH/c20-15-10-12-19(13-11-15)17-9-5-4-8-16(17)18(21-19)14-6-2-1-3-7-14;/h1-9,15,18H,10-13,20H2;1H. The van der Waals surface area contributed by atoms with Crippen molar-refractivity contribution in [3.63, 3.8) is 0 Å². The fraction of sp³-hybridized carbons (Fsp3) is 0.368. The van der Waals surface area contributed by atoms with E-state index in [1.54, 1.807) is 0 Å². The quantitative estimate of drug-likeness (QED) is 0.850. The van der Waals surface area contributed by atoms with Gasteiger partial charge in [-0.15, -0.1) is 12.4 Å². The Labute approximate surface area is 138 Å². The smallest absolute Gasteiger partial charge is 0.109 e. The van der Waals surface area contributed by atoms with Crippen molar-refractivity contribution in [2.45, 2.75) is 43.4 Å². The molecule has 0 saturated heterocycles. The second-order valence-corrected chi connectivity index (χ2v) is 6.33. The Balaban J connectivity index is 0.00000144. The van der Waals surface area contributed by atoms with Crippen molar-refractivity contribution in [3.05, 3.63) is 71.3 Å². The zero-order valence-electron chi connectivity index (χ0n) is 12.6. The van der Waals surface area contributed by atoms with E-state index in [1.165, 1.54) is 16.7 Å². The summed E-state index contributed by atoms with van der Waals surface area (Å²) in [6.45, 7) is 0. The van der Waals surface area contributed by atoms with Gasteiger partial charge in [0.1, 0.15) is 6.10 Å². The van der Waals surface area contributed by atoms with Gasteiger partial charge in [0.15, 0.2) is 0 Å². The summed E-state index contributed by atoms with van der Waals surface area (Å²) >= 11 is 0. The highest BCUT2D eigenvalue weighted by molar-refractivity contribution is 5.85. The van der Waals surface area contributed by atoms with E-state index in [2.05, 4.69) is 54.6 Å². The Bertz CT molecular complexity index is 635. The lowest BCUT2D eigenvalue weighted by molar-refractivity contribution is -0.0865. The van der Waals surface area contributed by atoms with Crippen molar-refractivity contribution in [2.24, 2.45) is 5.73 Å². The van der Waals surface area contributed by atoms with Crippen LogP contribution in [0.2, 0.25) is 0 Å². The van der Waals surface area contributed by atoms with E-state index in [0.717, 1.165) is 25.7 Å². The summed E-state index contributed by atoms with van der Waals surface area (Å²) in [4.78, 5) is 0. The lowest BCUT2D eigenvalue weighted by atomic mass is 9.77. The molecule has 1 spiro atoms. The number of hydrogen-bond acceptors (Lipinski definition) is 2. The number of benzene rings is 2. The van der Waals surface area contributed by atoms with Crippen LogP contribution in [0.5, 0.6) is 0 Å². The first-order valence-electron chi connectivity index (χ1n) is 7.86. The molecule has 0 radical (unpaired) electrons. The second-order valence-electron chi connectivity index (χ2n) is 6.33. The van der Waals surface area contributed by atoms with Gasteiger partial charge >= 0.3 is 0 Å². The lowest BCUT2D eigenvalue weighted by Crippen LogP contribution is -2.36. The Kier molecular flexibility index (Phi) is 4.26. The molecule has 0 bridgehead atoms. The van der Waals surface area contributed by atoms with Gasteiger partial charge in [0.2, 0.25) is 0 Å². The van der Waals surface area contributed by atoms with Crippen LogP contribution in [0, 0.1) is 0 Å². The van der Waals surface area contributed by atoms with Crippen LogP contribution in [0.15, 0.2) is 54.6 Å². The summed E-state index contributed by atoms with van der Waals surface area (Å²) in [5, 5.41) is 0. The van der Waals surface area contributed by atoms with E-state index >= 15 is 0 Å². The first kappa shape index (κ1) is 15.5. The largest absolute Gasteiger partial charge is 0.358 e. The van der Waals surface area contributed by atoms with E-state index in [4.69, 9.17) is 10.5 Å².